The van der Waals surface area contributed by atoms with E-state index in [0.717, 1.165) is 30.9 Å². The van der Waals surface area contributed by atoms with Crippen molar-refractivity contribution in [2.45, 2.75) is 32.1 Å². The zero-order valence-corrected chi connectivity index (χ0v) is 11.0. The minimum Gasteiger partial charge on any atom is -0.494 e. The van der Waals surface area contributed by atoms with Gasteiger partial charge in [-0.05, 0) is 37.6 Å². The van der Waals surface area contributed by atoms with E-state index in [0.29, 0.717) is 0 Å². The maximum absolute atomic E-state index is 11.3. The summed E-state index contributed by atoms with van der Waals surface area (Å²) in [7, 11) is 0. The Morgan fingerprint density at radius 3 is 2.59 bits per heavy atom. The van der Waals surface area contributed by atoms with Crippen LogP contribution in [0.1, 0.15) is 26.7 Å². The van der Waals surface area contributed by atoms with E-state index < -0.39 is 5.38 Å². The van der Waals surface area contributed by atoms with E-state index in [4.69, 9.17) is 16.3 Å². The summed E-state index contributed by atoms with van der Waals surface area (Å²) in [5.41, 5.74) is 0.727. The van der Waals surface area contributed by atoms with E-state index in [1.807, 2.05) is 12.1 Å². The number of carbonyl (C=O) groups is 1. The minimum absolute atomic E-state index is 0.202. The Morgan fingerprint density at radius 2 is 2.06 bits per heavy atom. The standard InChI is InChI=1S/C13H18ClNO2/c1-3-4-9-17-12-7-5-11(6-8-12)15-13(16)10(2)14/h5-8,10H,3-4,9H2,1-2H3,(H,15,16)/t10-/m1/s1. The summed E-state index contributed by atoms with van der Waals surface area (Å²) < 4.78 is 5.52. The van der Waals surface area contributed by atoms with Gasteiger partial charge in [0.05, 0.1) is 6.61 Å². The summed E-state index contributed by atoms with van der Waals surface area (Å²) in [6, 6.07) is 7.28. The fourth-order valence-corrected chi connectivity index (χ4v) is 1.27. The second kappa shape index (κ2) is 7.17. The smallest absolute Gasteiger partial charge is 0.242 e. The van der Waals surface area contributed by atoms with E-state index in [-0.39, 0.29) is 5.91 Å². The van der Waals surface area contributed by atoms with Gasteiger partial charge in [-0.2, -0.15) is 0 Å². The average Bonchev–Trinajstić information content (AvgIpc) is 2.31. The van der Waals surface area contributed by atoms with Crippen molar-refractivity contribution >= 4 is 23.2 Å². The molecule has 0 aliphatic heterocycles. The zero-order chi connectivity index (χ0) is 12.7. The van der Waals surface area contributed by atoms with Crippen molar-refractivity contribution in [1.29, 1.82) is 0 Å². The number of hydrogen-bond acceptors (Lipinski definition) is 2. The third-order valence-electron chi connectivity index (χ3n) is 2.25. The van der Waals surface area contributed by atoms with Gasteiger partial charge < -0.3 is 10.1 Å². The van der Waals surface area contributed by atoms with E-state index in [1.165, 1.54) is 0 Å². The van der Waals surface area contributed by atoms with Crippen molar-refractivity contribution in [2.24, 2.45) is 0 Å². The van der Waals surface area contributed by atoms with E-state index in [1.54, 1.807) is 19.1 Å². The molecule has 0 aliphatic rings. The molecule has 1 atom stereocenters. The second-order valence-corrected chi connectivity index (χ2v) is 4.49. The van der Waals surface area contributed by atoms with Crippen LogP contribution in [0.2, 0.25) is 0 Å². The molecule has 0 spiro atoms. The summed E-state index contributed by atoms with van der Waals surface area (Å²) in [4.78, 5) is 11.3. The molecule has 4 heteroatoms. The van der Waals surface area contributed by atoms with Crippen LogP contribution in [0.15, 0.2) is 24.3 Å². The number of amides is 1. The van der Waals surface area contributed by atoms with Crippen LogP contribution in [-0.4, -0.2) is 17.9 Å². The largest absolute Gasteiger partial charge is 0.494 e. The molecule has 3 nitrogen and oxygen atoms in total. The summed E-state index contributed by atoms with van der Waals surface area (Å²) in [6.07, 6.45) is 2.16. The van der Waals surface area contributed by atoms with Crippen molar-refractivity contribution in [3.8, 4) is 5.75 Å². The highest BCUT2D eigenvalue weighted by molar-refractivity contribution is 6.32. The molecule has 0 aromatic heterocycles. The van der Waals surface area contributed by atoms with Crippen LogP contribution in [0.5, 0.6) is 5.75 Å². The third-order valence-corrected chi connectivity index (χ3v) is 2.45. The van der Waals surface area contributed by atoms with Crippen molar-refractivity contribution in [3.63, 3.8) is 0 Å². The van der Waals surface area contributed by atoms with Gasteiger partial charge in [-0.1, -0.05) is 13.3 Å². The first-order valence-corrected chi connectivity index (χ1v) is 6.25. The topological polar surface area (TPSA) is 38.3 Å². The molecule has 94 valence electrons. The maximum Gasteiger partial charge on any atom is 0.242 e. The van der Waals surface area contributed by atoms with Gasteiger partial charge in [-0.15, -0.1) is 11.6 Å². The lowest BCUT2D eigenvalue weighted by atomic mass is 10.3. The Morgan fingerprint density at radius 1 is 1.41 bits per heavy atom. The number of hydrogen-bond donors (Lipinski definition) is 1. The Bertz CT molecular complexity index is 349. The number of ether oxygens (including phenoxy) is 1. The summed E-state index contributed by atoms with van der Waals surface area (Å²) in [5, 5.41) is 2.18. The molecule has 1 aromatic carbocycles. The summed E-state index contributed by atoms with van der Waals surface area (Å²) in [6.45, 7) is 4.48. The second-order valence-electron chi connectivity index (χ2n) is 3.83. The zero-order valence-electron chi connectivity index (χ0n) is 10.2. The highest BCUT2D eigenvalue weighted by atomic mass is 35.5. The fraction of sp³-hybridized carbons (Fsp3) is 0.462. The third kappa shape index (κ3) is 5.09. The van der Waals surface area contributed by atoms with Crippen molar-refractivity contribution in [1.82, 2.24) is 0 Å². The number of alkyl halides is 1. The van der Waals surface area contributed by atoms with Crippen LogP contribution in [0.25, 0.3) is 0 Å². The monoisotopic (exact) mass is 255 g/mol. The van der Waals surface area contributed by atoms with Crippen molar-refractivity contribution in [3.05, 3.63) is 24.3 Å². The van der Waals surface area contributed by atoms with E-state index in [9.17, 15) is 4.79 Å². The molecule has 0 aliphatic carbocycles. The lowest BCUT2D eigenvalue weighted by Crippen LogP contribution is -2.20. The van der Waals surface area contributed by atoms with Crippen LogP contribution < -0.4 is 10.1 Å². The molecule has 17 heavy (non-hydrogen) atoms. The lowest BCUT2D eigenvalue weighted by Gasteiger charge is -2.08. The van der Waals surface area contributed by atoms with Crippen molar-refractivity contribution < 1.29 is 9.53 Å². The number of benzene rings is 1. The van der Waals surface area contributed by atoms with Gasteiger partial charge in [-0.25, -0.2) is 0 Å². The van der Waals surface area contributed by atoms with Crippen LogP contribution in [0.3, 0.4) is 0 Å². The van der Waals surface area contributed by atoms with Crippen LogP contribution in [0, 0.1) is 0 Å². The fourth-order valence-electron chi connectivity index (χ4n) is 1.21. The molecule has 0 radical (unpaired) electrons. The van der Waals surface area contributed by atoms with E-state index in [2.05, 4.69) is 12.2 Å². The molecule has 0 fully saturated rings. The highest BCUT2D eigenvalue weighted by Gasteiger charge is 2.08. The van der Waals surface area contributed by atoms with Gasteiger partial charge >= 0.3 is 0 Å². The molecule has 0 heterocycles. The molecular weight excluding hydrogens is 238 g/mol. The number of rotatable bonds is 6. The summed E-state index contributed by atoms with van der Waals surface area (Å²) in [5.74, 6) is 0.613. The Balaban J connectivity index is 2.47. The molecule has 1 amide bonds. The Kier molecular flexibility index (Phi) is 5.84. The number of nitrogens with one attached hydrogen (secondary N) is 1. The van der Waals surface area contributed by atoms with Crippen LogP contribution in [-0.2, 0) is 4.79 Å². The molecule has 0 saturated heterocycles. The number of unbranched alkanes of at least 4 members (excludes halogenated alkanes) is 1. The van der Waals surface area contributed by atoms with Gasteiger partial charge in [-0.3, -0.25) is 4.79 Å². The van der Waals surface area contributed by atoms with Crippen molar-refractivity contribution in [2.75, 3.05) is 11.9 Å². The van der Waals surface area contributed by atoms with Gasteiger partial charge in [0.1, 0.15) is 11.1 Å². The predicted octanol–water partition coefficient (Wildman–Crippen LogP) is 3.43. The lowest BCUT2D eigenvalue weighted by molar-refractivity contribution is -0.115. The van der Waals surface area contributed by atoms with Crippen LogP contribution >= 0.6 is 11.6 Å². The number of halogens is 1. The first kappa shape index (κ1) is 13.8. The van der Waals surface area contributed by atoms with Gasteiger partial charge in [0.15, 0.2) is 0 Å². The molecule has 1 rings (SSSR count). The SMILES string of the molecule is CCCCOc1ccc(NC(=O)[C@@H](C)Cl)cc1. The van der Waals surface area contributed by atoms with Crippen LogP contribution in [0.4, 0.5) is 5.69 Å². The van der Waals surface area contributed by atoms with Gasteiger partial charge in [0, 0.05) is 5.69 Å². The quantitative estimate of drug-likeness (QED) is 0.625. The highest BCUT2D eigenvalue weighted by Crippen LogP contribution is 2.16. The minimum atomic E-state index is -0.532. The molecule has 0 bridgehead atoms. The summed E-state index contributed by atoms with van der Waals surface area (Å²) >= 11 is 5.66. The number of carbonyl (C=O) groups excluding carboxylic acids is 1. The predicted molar refractivity (Wildman–Crippen MR) is 70.8 cm³/mol. The Labute approximate surface area is 107 Å². The first-order valence-electron chi connectivity index (χ1n) is 5.81. The number of anilines is 1. The average molecular weight is 256 g/mol. The molecule has 0 unspecified atom stereocenters. The normalized spacial score (nSPS) is 11.9. The first-order chi connectivity index (χ1) is 8.13. The Hall–Kier alpha value is -1.22. The maximum atomic E-state index is 11.3. The molecule has 1 aromatic rings. The molecular formula is C13H18ClNO2. The molecule has 0 saturated carbocycles. The molecule has 1 N–H and O–H groups in total. The van der Waals surface area contributed by atoms with Gasteiger partial charge in [0.2, 0.25) is 5.91 Å². The van der Waals surface area contributed by atoms with Gasteiger partial charge in [0.25, 0.3) is 0 Å². The van der Waals surface area contributed by atoms with E-state index >= 15 is 0 Å².